The Balaban J connectivity index is 1.30. The Morgan fingerprint density at radius 2 is 2.06 bits per heavy atom. The number of fused-ring (bicyclic) bond motifs is 3. The lowest BCUT2D eigenvalue weighted by Gasteiger charge is -2.36. The van der Waals surface area contributed by atoms with Crippen molar-refractivity contribution in [3.8, 4) is 0 Å². The molecule has 2 aromatic rings. The summed E-state index contributed by atoms with van der Waals surface area (Å²) in [6.45, 7) is 4.55. The van der Waals surface area contributed by atoms with Gasteiger partial charge in [0.15, 0.2) is 0 Å². The fourth-order valence-corrected chi connectivity index (χ4v) is 6.25. The summed E-state index contributed by atoms with van der Waals surface area (Å²) in [6.07, 6.45) is 8.56. The number of halogens is 2. The zero-order valence-electron chi connectivity index (χ0n) is 18.3. The van der Waals surface area contributed by atoms with E-state index in [1.807, 2.05) is 25.1 Å². The predicted octanol–water partition coefficient (Wildman–Crippen LogP) is 5.90. The van der Waals surface area contributed by atoms with Crippen molar-refractivity contribution in [2.45, 2.75) is 52.0 Å². The van der Waals surface area contributed by atoms with E-state index < -0.39 is 11.4 Å². The molecule has 2 bridgehead atoms. The first kappa shape index (κ1) is 21.6. The number of hydrogen-bond donors (Lipinski definition) is 1. The van der Waals surface area contributed by atoms with Crippen molar-refractivity contribution in [2.24, 2.45) is 10.8 Å². The zero-order valence-corrected chi connectivity index (χ0v) is 19.1. The number of hydrogen-bond acceptors (Lipinski definition) is 3. The van der Waals surface area contributed by atoms with Crippen molar-refractivity contribution in [1.29, 1.82) is 0 Å². The third-order valence-corrected chi connectivity index (χ3v) is 8.43. The largest absolute Gasteiger partial charge is 0.481 e. The van der Waals surface area contributed by atoms with Crippen LogP contribution in [0.4, 0.5) is 4.39 Å². The molecule has 1 aliphatic heterocycles. The summed E-state index contributed by atoms with van der Waals surface area (Å²) in [4.78, 5) is 18.6. The van der Waals surface area contributed by atoms with E-state index in [1.165, 1.54) is 6.08 Å². The highest BCUT2D eigenvalue weighted by molar-refractivity contribution is 6.33. The number of carboxylic acid groups (broad SMARTS) is 1. The predicted molar refractivity (Wildman–Crippen MR) is 124 cm³/mol. The smallest absolute Gasteiger partial charge is 0.309 e. The van der Waals surface area contributed by atoms with Gasteiger partial charge in [0.1, 0.15) is 5.83 Å². The van der Waals surface area contributed by atoms with Crippen molar-refractivity contribution in [3.05, 3.63) is 63.4 Å². The van der Waals surface area contributed by atoms with Gasteiger partial charge in [-0.1, -0.05) is 29.8 Å². The zero-order chi connectivity index (χ0) is 22.5. The van der Waals surface area contributed by atoms with Crippen LogP contribution in [0.3, 0.4) is 0 Å². The fraction of sp³-hybridized carbons (Fsp3) is 0.462. The van der Waals surface area contributed by atoms with E-state index in [0.29, 0.717) is 16.3 Å². The van der Waals surface area contributed by atoms with E-state index in [2.05, 4.69) is 9.88 Å². The SMILES string of the molecule is Cc1cccc(/C=C(\F)c2cc3c(cn2)CN(CC24CCC(C(=O)O)(CC2)C4)CC3)c1Cl. The molecule has 5 rings (SSSR count). The van der Waals surface area contributed by atoms with Crippen LogP contribution in [-0.4, -0.2) is 34.0 Å². The average molecular weight is 455 g/mol. The Labute approximate surface area is 193 Å². The second kappa shape index (κ2) is 7.96. The molecule has 0 spiro atoms. The Morgan fingerprint density at radius 3 is 2.78 bits per heavy atom. The van der Waals surface area contributed by atoms with Gasteiger partial charge >= 0.3 is 5.97 Å². The van der Waals surface area contributed by atoms with Gasteiger partial charge in [-0.3, -0.25) is 14.7 Å². The van der Waals surface area contributed by atoms with Gasteiger partial charge in [-0.2, -0.15) is 0 Å². The lowest BCUT2D eigenvalue weighted by molar-refractivity contribution is -0.148. The number of pyridine rings is 1. The molecule has 0 radical (unpaired) electrons. The standard InChI is InChI=1S/C26H28ClFN2O2/c1-17-3-2-4-19(23(17)27)11-21(28)22-12-18-5-10-30(14-20(18)13-29-22)16-25-6-8-26(15-25,9-7-25)24(31)32/h2-4,11-13H,5-10,14-16H2,1H3,(H,31,32)/b21-11-. The average Bonchev–Trinajstić information content (AvgIpc) is 3.34. The molecule has 1 N–H and O–H groups in total. The normalized spacial score (nSPS) is 27.5. The molecule has 1 aromatic heterocycles. The van der Waals surface area contributed by atoms with Crippen LogP contribution in [0.15, 0.2) is 30.5 Å². The third-order valence-electron chi connectivity index (χ3n) is 7.92. The summed E-state index contributed by atoms with van der Waals surface area (Å²) < 4.78 is 14.9. The number of aliphatic carboxylic acids is 1. The second-order valence-corrected chi connectivity index (χ2v) is 10.4. The van der Waals surface area contributed by atoms with Crippen LogP contribution in [0.25, 0.3) is 11.9 Å². The molecule has 0 saturated heterocycles. The van der Waals surface area contributed by atoms with Crippen LogP contribution in [0.1, 0.15) is 60.1 Å². The Bertz CT molecular complexity index is 1110. The number of rotatable bonds is 5. The van der Waals surface area contributed by atoms with Crippen LogP contribution in [0, 0.1) is 17.8 Å². The molecular formula is C26H28ClFN2O2. The van der Waals surface area contributed by atoms with Crippen LogP contribution in [0.5, 0.6) is 0 Å². The van der Waals surface area contributed by atoms with Crippen molar-refractivity contribution in [2.75, 3.05) is 13.1 Å². The van der Waals surface area contributed by atoms with Gasteiger partial charge in [-0.25, -0.2) is 4.39 Å². The van der Waals surface area contributed by atoms with Gasteiger partial charge in [0.25, 0.3) is 0 Å². The summed E-state index contributed by atoms with van der Waals surface area (Å²) in [5, 5.41) is 10.2. The lowest BCUT2D eigenvalue weighted by atomic mass is 9.81. The van der Waals surface area contributed by atoms with E-state index in [4.69, 9.17) is 11.6 Å². The molecule has 2 saturated carbocycles. The van der Waals surface area contributed by atoms with Crippen LogP contribution < -0.4 is 0 Å². The van der Waals surface area contributed by atoms with Gasteiger partial charge in [0.2, 0.25) is 0 Å². The molecule has 0 atom stereocenters. The van der Waals surface area contributed by atoms with Crippen molar-refractivity contribution in [1.82, 2.24) is 9.88 Å². The van der Waals surface area contributed by atoms with Gasteiger partial charge < -0.3 is 5.11 Å². The topological polar surface area (TPSA) is 53.4 Å². The quantitative estimate of drug-likeness (QED) is 0.610. The van der Waals surface area contributed by atoms with E-state index in [0.717, 1.165) is 74.8 Å². The molecule has 2 fully saturated rings. The monoisotopic (exact) mass is 454 g/mol. The van der Waals surface area contributed by atoms with Crippen molar-refractivity contribution < 1.29 is 14.3 Å². The highest BCUT2D eigenvalue weighted by atomic mass is 35.5. The Morgan fingerprint density at radius 1 is 1.28 bits per heavy atom. The maximum atomic E-state index is 14.9. The van der Waals surface area contributed by atoms with E-state index in [-0.39, 0.29) is 11.2 Å². The van der Waals surface area contributed by atoms with Gasteiger partial charge in [-0.05, 0) is 85.3 Å². The summed E-state index contributed by atoms with van der Waals surface area (Å²) in [5.41, 5.74) is 3.85. The molecular weight excluding hydrogens is 427 g/mol. The van der Waals surface area contributed by atoms with Crippen molar-refractivity contribution >= 4 is 29.5 Å². The van der Waals surface area contributed by atoms with E-state index in [9.17, 15) is 14.3 Å². The lowest BCUT2D eigenvalue weighted by Crippen LogP contribution is -2.38. The fourth-order valence-electron chi connectivity index (χ4n) is 6.06. The first-order valence-corrected chi connectivity index (χ1v) is 11.7. The summed E-state index contributed by atoms with van der Waals surface area (Å²) in [7, 11) is 0. The Kier molecular flexibility index (Phi) is 5.37. The minimum absolute atomic E-state index is 0.144. The van der Waals surface area contributed by atoms with E-state index in [1.54, 1.807) is 12.3 Å². The molecule has 0 amide bonds. The number of carboxylic acids is 1. The van der Waals surface area contributed by atoms with Crippen LogP contribution in [0.2, 0.25) is 5.02 Å². The maximum Gasteiger partial charge on any atom is 0.309 e. The highest BCUT2D eigenvalue weighted by Gasteiger charge is 2.58. The minimum Gasteiger partial charge on any atom is -0.481 e. The van der Waals surface area contributed by atoms with Gasteiger partial charge in [-0.15, -0.1) is 0 Å². The number of aromatic nitrogens is 1. The van der Waals surface area contributed by atoms with Crippen LogP contribution >= 0.6 is 11.6 Å². The second-order valence-electron chi connectivity index (χ2n) is 10.0. The summed E-state index contributed by atoms with van der Waals surface area (Å²) in [6, 6.07) is 7.43. The molecule has 0 unspecified atom stereocenters. The first-order chi connectivity index (χ1) is 15.3. The molecule has 2 heterocycles. The molecule has 6 heteroatoms. The van der Waals surface area contributed by atoms with E-state index >= 15 is 0 Å². The molecule has 3 aliphatic rings. The summed E-state index contributed by atoms with van der Waals surface area (Å²) in [5.74, 6) is -0.997. The highest BCUT2D eigenvalue weighted by Crippen LogP contribution is 2.62. The third kappa shape index (κ3) is 3.75. The molecule has 4 nitrogen and oxygen atoms in total. The molecule has 168 valence electrons. The summed E-state index contributed by atoms with van der Waals surface area (Å²) >= 11 is 6.31. The van der Waals surface area contributed by atoms with Gasteiger partial charge in [0, 0.05) is 25.8 Å². The Hall–Kier alpha value is -2.24. The van der Waals surface area contributed by atoms with Crippen LogP contribution in [-0.2, 0) is 17.8 Å². The minimum atomic E-state index is -0.611. The number of nitrogens with zero attached hydrogens (tertiary/aromatic N) is 2. The number of benzene rings is 1. The maximum absolute atomic E-state index is 14.9. The number of aryl methyl sites for hydroxylation is 1. The molecule has 1 aromatic carbocycles. The first-order valence-electron chi connectivity index (χ1n) is 11.4. The molecule has 32 heavy (non-hydrogen) atoms. The molecule has 2 aliphatic carbocycles. The van der Waals surface area contributed by atoms with Crippen molar-refractivity contribution in [3.63, 3.8) is 0 Å². The van der Waals surface area contributed by atoms with Gasteiger partial charge in [0.05, 0.1) is 16.1 Å². The number of carbonyl (C=O) groups is 1.